The third kappa shape index (κ3) is 2.93. The summed E-state index contributed by atoms with van der Waals surface area (Å²) in [6.45, 7) is 14.3. The molecule has 0 unspecified atom stereocenters. The summed E-state index contributed by atoms with van der Waals surface area (Å²) >= 11 is 0. The highest BCUT2D eigenvalue weighted by atomic mass is 15.3. The summed E-state index contributed by atoms with van der Waals surface area (Å²) < 4.78 is 2.16. The molecule has 1 aromatic heterocycles. The van der Waals surface area contributed by atoms with Crippen LogP contribution in [0.1, 0.15) is 37.2 Å². The lowest BCUT2D eigenvalue weighted by molar-refractivity contribution is 0.199. The van der Waals surface area contributed by atoms with Crippen molar-refractivity contribution in [3.63, 3.8) is 0 Å². The fourth-order valence-corrected chi connectivity index (χ4v) is 2.77. The van der Waals surface area contributed by atoms with Gasteiger partial charge >= 0.3 is 0 Å². The Labute approximate surface area is 110 Å². The molecule has 1 aliphatic heterocycles. The molecule has 4 nitrogen and oxygen atoms in total. The minimum Gasteiger partial charge on any atom is -0.312 e. The summed E-state index contributed by atoms with van der Waals surface area (Å²) in [6, 6.07) is 0.602. The molecule has 0 aliphatic carbocycles. The molecule has 4 heteroatoms. The monoisotopic (exact) mass is 250 g/mol. The van der Waals surface area contributed by atoms with Crippen molar-refractivity contribution < 1.29 is 0 Å². The molecular weight excluding hydrogens is 224 g/mol. The first-order valence-electron chi connectivity index (χ1n) is 7.10. The Hall–Kier alpha value is -0.870. The summed E-state index contributed by atoms with van der Waals surface area (Å²) in [4.78, 5) is 2.54. The van der Waals surface area contributed by atoms with Crippen LogP contribution in [-0.2, 0) is 13.1 Å². The Morgan fingerprint density at radius 1 is 1.39 bits per heavy atom. The van der Waals surface area contributed by atoms with Crippen molar-refractivity contribution in [3.8, 4) is 0 Å². The third-order valence-corrected chi connectivity index (χ3v) is 3.80. The van der Waals surface area contributed by atoms with Crippen molar-refractivity contribution in [3.05, 3.63) is 17.0 Å². The van der Waals surface area contributed by atoms with Gasteiger partial charge in [0.15, 0.2) is 0 Å². The molecule has 0 aromatic carbocycles. The predicted octanol–water partition coefficient (Wildman–Crippen LogP) is 1.70. The fourth-order valence-electron chi connectivity index (χ4n) is 2.77. The van der Waals surface area contributed by atoms with E-state index in [0.717, 1.165) is 39.1 Å². The second-order valence-corrected chi connectivity index (χ2v) is 5.46. The number of hydrogen-bond donors (Lipinski definition) is 1. The maximum atomic E-state index is 4.66. The van der Waals surface area contributed by atoms with Crippen LogP contribution in [0.25, 0.3) is 0 Å². The van der Waals surface area contributed by atoms with E-state index in [9.17, 15) is 0 Å². The number of piperazine rings is 1. The molecule has 0 radical (unpaired) electrons. The van der Waals surface area contributed by atoms with Crippen LogP contribution in [0.3, 0.4) is 0 Å². The number of rotatable bonds is 4. The Balaban J connectivity index is 2.08. The van der Waals surface area contributed by atoms with Crippen molar-refractivity contribution in [2.45, 2.75) is 53.2 Å². The molecule has 1 saturated heterocycles. The van der Waals surface area contributed by atoms with E-state index >= 15 is 0 Å². The van der Waals surface area contributed by atoms with E-state index in [1.165, 1.54) is 17.0 Å². The maximum absolute atomic E-state index is 4.66. The first kappa shape index (κ1) is 13.6. The highest BCUT2D eigenvalue weighted by molar-refractivity contribution is 5.24. The normalized spacial score (nSPS) is 21.4. The Bertz CT molecular complexity index is 397. The Morgan fingerprint density at radius 3 is 2.83 bits per heavy atom. The molecular formula is C14H26N4. The maximum Gasteiger partial charge on any atom is 0.0641 e. The smallest absolute Gasteiger partial charge is 0.0641 e. The molecule has 18 heavy (non-hydrogen) atoms. The molecule has 1 N–H and O–H groups in total. The first-order valence-corrected chi connectivity index (χ1v) is 7.10. The highest BCUT2D eigenvalue weighted by Crippen LogP contribution is 2.16. The van der Waals surface area contributed by atoms with Crippen molar-refractivity contribution in [2.24, 2.45) is 0 Å². The lowest BCUT2D eigenvalue weighted by Crippen LogP contribution is -2.48. The van der Waals surface area contributed by atoms with Crippen LogP contribution < -0.4 is 5.32 Å². The van der Waals surface area contributed by atoms with Gasteiger partial charge in [0.1, 0.15) is 0 Å². The van der Waals surface area contributed by atoms with Crippen molar-refractivity contribution in [1.82, 2.24) is 20.0 Å². The van der Waals surface area contributed by atoms with Gasteiger partial charge < -0.3 is 5.32 Å². The predicted molar refractivity (Wildman–Crippen MR) is 74.7 cm³/mol. The molecule has 0 amide bonds. The summed E-state index contributed by atoms with van der Waals surface area (Å²) in [5.74, 6) is 0. The molecule has 102 valence electrons. The second-order valence-electron chi connectivity index (χ2n) is 5.46. The molecule has 2 rings (SSSR count). The van der Waals surface area contributed by atoms with Gasteiger partial charge in [-0.25, -0.2) is 0 Å². The van der Waals surface area contributed by atoms with E-state index in [-0.39, 0.29) is 0 Å². The average Bonchev–Trinajstić information content (AvgIpc) is 2.58. The minimum absolute atomic E-state index is 0.602. The highest BCUT2D eigenvalue weighted by Gasteiger charge is 2.19. The lowest BCUT2D eigenvalue weighted by atomic mass is 10.1. The van der Waals surface area contributed by atoms with E-state index < -0.39 is 0 Å². The number of nitrogens with zero attached hydrogens (tertiary/aromatic N) is 3. The largest absolute Gasteiger partial charge is 0.312 e. The van der Waals surface area contributed by atoms with E-state index in [4.69, 9.17) is 0 Å². The zero-order valence-electron chi connectivity index (χ0n) is 12.2. The summed E-state index contributed by atoms with van der Waals surface area (Å²) in [7, 11) is 0. The molecule has 2 heterocycles. The van der Waals surface area contributed by atoms with Gasteiger partial charge in [0.05, 0.1) is 5.69 Å². The van der Waals surface area contributed by atoms with Crippen molar-refractivity contribution in [1.29, 1.82) is 0 Å². The Morgan fingerprint density at radius 2 is 2.17 bits per heavy atom. The number of aromatic nitrogens is 2. The van der Waals surface area contributed by atoms with Gasteiger partial charge in [-0.1, -0.05) is 6.92 Å². The van der Waals surface area contributed by atoms with Crippen LogP contribution in [0.5, 0.6) is 0 Å². The van der Waals surface area contributed by atoms with E-state index in [1.807, 2.05) is 0 Å². The first-order chi connectivity index (χ1) is 8.61. The SMILES string of the molecule is CCCn1nc(C)c(CN2CCN[C@H](C)C2)c1C. The van der Waals surface area contributed by atoms with Crippen LogP contribution >= 0.6 is 0 Å². The Kier molecular flexibility index (Phi) is 4.40. The van der Waals surface area contributed by atoms with Crippen LogP contribution in [0.4, 0.5) is 0 Å². The molecule has 1 aliphatic rings. The van der Waals surface area contributed by atoms with Gasteiger partial charge in [0.25, 0.3) is 0 Å². The van der Waals surface area contributed by atoms with Gasteiger partial charge in [0, 0.05) is 50.0 Å². The topological polar surface area (TPSA) is 33.1 Å². The summed E-state index contributed by atoms with van der Waals surface area (Å²) in [5.41, 5.74) is 3.98. The van der Waals surface area contributed by atoms with Gasteiger partial charge in [-0.2, -0.15) is 5.10 Å². The zero-order chi connectivity index (χ0) is 13.1. The van der Waals surface area contributed by atoms with Gasteiger partial charge in [-0.3, -0.25) is 9.58 Å². The second kappa shape index (κ2) is 5.85. The van der Waals surface area contributed by atoms with Crippen LogP contribution in [-0.4, -0.2) is 40.4 Å². The van der Waals surface area contributed by atoms with E-state index in [1.54, 1.807) is 0 Å². The summed E-state index contributed by atoms with van der Waals surface area (Å²) in [6.07, 6.45) is 1.14. The molecule has 0 spiro atoms. The lowest BCUT2D eigenvalue weighted by Gasteiger charge is -2.31. The molecule has 1 aromatic rings. The zero-order valence-corrected chi connectivity index (χ0v) is 12.2. The number of hydrogen-bond acceptors (Lipinski definition) is 3. The quantitative estimate of drug-likeness (QED) is 0.883. The van der Waals surface area contributed by atoms with Crippen molar-refractivity contribution >= 4 is 0 Å². The van der Waals surface area contributed by atoms with Crippen LogP contribution in [0.2, 0.25) is 0 Å². The minimum atomic E-state index is 0.602. The molecule has 1 atom stereocenters. The van der Waals surface area contributed by atoms with Gasteiger partial charge in [-0.05, 0) is 27.2 Å². The number of nitrogens with one attached hydrogen (secondary N) is 1. The average molecular weight is 250 g/mol. The van der Waals surface area contributed by atoms with Gasteiger partial charge in [-0.15, -0.1) is 0 Å². The molecule has 1 fully saturated rings. The van der Waals surface area contributed by atoms with Crippen molar-refractivity contribution in [2.75, 3.05) is 19.6 Å². The number of aryl methyl sites for hydroxylation is 2. The standard InChI is InChI=1S/C14H26N4/c1-5-7-18-13(4)14(12(3)16-18)10-17-8-6-15-11(2)9-17/h11,15H,5-10H2,1-4H3/t11-/m1/s1. The molecule has 0 saturated carbocycles. The van der Waals surface area contributed by atoms with E-state index in [2.05, 4.69) is 47.7 Å². The van der Waals surface area contributed by atoms with E-state index in [0.29, 0.717) is 6.04 Å². The third-order valence-electron chi connectivity index (χ3n) is 3.80. The summed E-state index contributed by atoms with van der Waals surface area (Å²) in [5, 5.41) is 8.15. The fraction of sp³-hybridized carbons (Fsp3) is 0.786. The van der Waals surface area contributed by atoms with Gasteiger partial charge in [0.2, 0.25) is 0 Å². The van der Waals surface area contributed by atoms with Crippen LogP contribution in [0.15, 0.2) is 0 Å². The molecule has 0 bridgehead atoms. The van der Waals surface area contributed by atoms with Crippen LogP contribution in [0, 0.1) is 13.8 Å².